The van der Waals surface area contributed by atoms with E-state index in [9.17, 15) is 14.7 Å². The zero-order chi connectivity index (χ0) is 14.0. The Morgan fingerprint density at radius 2 is 2.05 bits per heavy atom. The van der Waals surface area contributed by atoms with Crippen LogP contribution in [0.25, 0.3) is 0 Å². The maximum Gasteiger partial charge on any atom is 0.224 e. The molecular weight excluding hydrogens is 244 g/mol. The van der Waals surface area contributed by atoms with Gasteiger partial charge in [0.05, 0.1) is 18.7 Å². The Labute approximate surface area is 114 Å². The molecule has 2 atom stereocenters. The number of carbonyl (C=O) groups is 2. The van der Waals surface area contributed by atoms with Crippen molar-refractivity contribution in [3.8, 4) is 0 Å². The summed E-state index contributed by atoms with van der Waals surface area (Å²) in [4.78, 5) is 25.0. The van der Waals surface area contributed by atoms with E-state index in [0.717, 1.165) is 19.3 Å². The molecule has 0 aromatic carbocycles. The Bertz CT molecular complexity index is 364. The van der Waals surface area contributed by atoms with Gasteiger partial charge in [0.25, 0.3) is 0 Å². The zero-order valence-corrected chi connectivity index (χ0v) is 11.8. The Balaban J connectivity index is 1.60. The number of hydrogen-bond acceptors (Lipinski definition) is 3. The second-order valence-electron chi connectivity index (χ2n) is 6.08. The highest BCUT2D eigenvalue weighted by atomic mass is 16.3. The van der Waals surface area contributed by atoms with Crippen LogP contribution in [0.3, 0.4) is 0 Å². The van der Waals surface area contributed by atoms with E-state index in [-0.39, 0.29) is 17.7 Å². The molecule has 2 rings (SSSR count). The van der Waals surface area contributed by atoms with Gasteiger partial charge in [-0.25, -0.2) is 0 Å². The first kappa shape index (κ1) is 14.3. The van der Waals surface area contributed by atoms with Gasteiger partial charge in [-0.2, -0.15) is 0 Å². The molecule has 19 heavy (non-hydrogen) atoms. The van der Waals surface area contributed by atoms with Gasteiger partial charge >= 0.3 is 0 Å². The minimum atomic E-state index is -0.670. The average molecular weight is 268 g/mol. The van der Waals surface area contributed by atoms with E-state index >= 15 is 0 Å². The molecule has 0 spiro atoms. The van der Waals surface area contributed by atoms with Gasteiger partial charge in [-0.3, -0.25) is 9.59 Å². The number of aliphatic hydroxyl groups is 1. The lowest BCUT2D eigenvalue weighted by molar-refractivity contribution is -0.156. The van der Waals surface area contributed by atoms with Crippen molar-refractivity contribution >= 4 is 11.8 Å². The van der Waals surface area contributed by atoms with E-state index in [4.69, 9.17) is 0 Å². The van der Waals surface area contributed by atoms with Crippen LogP contribution in [0.5, 0.6) is 0 Å². The Morgan fingerprint density at radius 1 is 1.42 bits per heavy atom. The SMILES string of the molecule is CCCC1(O)CN(C(=O)CCNC(=O)C2CC2C)C1. The van der Waals surface area contributed by atoms with Crippen LogP contribution in [-0.2, 0) is 9.59 Å². The van der Waals surface area contributed by atoms with E-state index in [1.54, 1.807) is 4.90 Å². The van der Waals surface area contributed by atoms with Crippen molar-refractivity contribution < 1.29 is 14.7 Å². The van der Waals surface area contributed by atoms with Crippen molar-refractivity contribution in [2.75, 3.05) is 19.6 Å². The zero-order valence-electron chi connectivity index (χ0n) is 11.8. The molecule has 1 saturated carbocycles. The third-order valence-corrected chi connectivity index (χ3v) is 4.12. The summed E-state index contributed by atoms with van der Waals surface area (Å²) >= 11 is 0. The molecular formula is C14H24N2O3. The minimum Gasteiger partial charge on any atom is -0.386 e. The fraction of sp³-hybridized carbons (Fsp3) is 0.857. The lowest BCUT2D eigenvalue weighted by Crippen LogP contribution is -2.63. The van der Waals surface area contributed by atoms with Gasteiger partial charge in [0.15, 0.2) is 0 Å². The molecule has 0 aromatic rings. The van der Waals surface area contributed by atoms with Gasteiger partial charge in [0.2, 0.25) is 11.8 Å². The Hall–Kier alpha value is -1.10. The summed E-state index contributed by atoms with van der Waals surface area (Å²) in [5.41, 5.74) is -0.670. The molecule has 0 aromatic heterocycles. The lowest BCUT2D eigenvalue weighted by atomic mass is 9.89. The topological polar surface area (TPSA) is 69.6 Å². The molecule has 5 nitrogen and oxygen atoms in total. The van der Waals surface area contributed by atoms with Crippen molar-refractivity contribution in [1.82, 2.24) is 10.2 Å². The maximum atomic E-state index is 11.8. The molecule has 2 aliphatic rings. The number of likely N-dealkylation sites (tertiary alicyclic amines) is 1. The van der Waals surface area contributed by atoms with Crippen LogP contribution in [0.2, 0.25) is 0 Å². The number of β-amino-alcohol motifs (C(OH)–C–C–N with tert-alkyl or cyclic N) is 1. The van der Waals surface area contributed by atoms with Crippen molar-refractivity contribution in [2.24, 2.45) is 11.8 Å². The van der Waals surface area contributed by atoms with Gasteiger partial charge < -0.3 is 15.3 Å². The van der Waals surface area contributed by atoms with Crippen LogP contribution in [0.4, 0.5) is 0 Å². The summed E-state index contributed by atoms with van der Waals surface area (Å²) in [5.74, 6) is 0.750. The van der Waals surface area contributed by atoms with E-state index < -0.39 is 5.60 Å². The number of nitrogens with zero attached hydrogens (tertiary/aromatic N) is 1. The fourth-order valence-electron chi connectivity index (χ4n) is 2.73. The smallest absolute Gasteiger partial charge is 0.224 e. The van der Waals surface area contributed by atoms with Gasteiger partial charge in [-0.15, -0.1) is 0 Å². The van der Waals surface area contributed by atoms with Crippen LogP contribution in [0.15, 0.2) is 0 Å². The molecule has 2 N–H and O–H groups in total. The predicted molar refractivity (Wildman–Crippen MR) is 71.3 cm³/mol. The third kappa shape index (κ3) is 3.47. The van der Waals surface area contributed by atoms with Crippen molar-refractivity contribution in [3.05, 3.63) is 0 Å². The lowest BCUT2D eigenvalue weighted by Gasteiger charge is -2.46. The molecule has 0 bridgehead atoms. The molecule has 108 valence electrons. The first-order valence-corrected chi connectivity index (χ1v) is 7.23. The fourth-order valence-corrected chi connectivity index (χ4v) is 2.73. The molecule has 5 heteroatoms. The summed E-state index contributed by atoms with van der Waals surface area (Å²) < 4.78 is 0. The summed E-state index contributed by atoms with van der Waals surface area (Å²) in [5, 5.41) is 12.8. The van der Waals surface area contributed by atoms with Crippen LogP contribution >= 0.6 is 0 Å². The predicted octanol–water partition coefficient (Wildman–Crippen LogP) is 0.522. The third-order valence-electron chi connectivity index (χ3n) is 4.12. The second kappa shape index (κ2) is 5.49. The number of hydrogen-bond donors (Lipinski definition) is 2. The second-order valence-corrected chi connectivity index (χ2v) is 6.08. The highest BCUT2D eigenvalue weighted by molar-refractivity contribution is 5.82. The molecule has 2 amide bonds. The van der Waals surface area contributed by atoms with Crippen molar-refractivity contribution in [1.29, 1.82) is 0 Å². The van der Waals surface area contributed by atoms with Crippen molar-refractivity contribution in [2.45, 2.75) is 45.1 Å². The van der Waals surface area contributed by atoms with E-state index in [0.29, 0.717) is 32.0 Å². The van der Waals surface area contributed by atoms with Crippen LogP contribution in [-0.4, -0.2) is 47.1 Å². The Kier molecular flexibility index (Phi) is 4.13. The number of amides is 2. The van der Waals surface area contributed by atoms with E-state index in [1.165, 1.54) is 0 Å². The van der Waals surface area contributed by atoms with Gasteiger partial charge in [0.1, 0.15) is 0 Å². The number of rotatable bonds is 6. The highest BCUT2D eigenvalue weighted by Crippen LogP contribution is 2.37. The quantitative estimate of drug-likeness (QED) is 0.738. The van der Waals surface area contributed by atoms with Crippen LogP contribution in [0.1, 0.15) is 39.5 Å². The summed E-state index contributed by atoms with van der Waals surface area (Å²) in [7, 11) is 0. The molecule has 0 radical (unpaired) electrons. The van der Waals surface area contributed by atoms with E-state index in [2.05, 4.69) is 12.2 Å². The van der Waals surface area contributed by atoms with Crippen LogP contribution < -0.4 is 5.32 Å². The van der Waals surface area contributed by atoms with E-state index in [1.807, 2.05) is 6.92 Å². The minimum absolute atomic E-state index is 0.0184. The molecule has 1 aliphatic heterocycles. The maximum absolute atomic E-state index is 11.8. The standard InChI is InChI=1S/C14H24N2O3/c1-3-5-14(19)8-16(9-14)12(17)4-6-15-13(18)11-7-10(11)2/h10-11,19H,3-9H2,1-2H3,(H,15,18). The van der Waals surface area contributed by atoms with Crippen molar-refractivity contribution in [3.63, 3.8) is 0 Å². The van der Waals surface area contributed by atoms with Gasteiger partial charge in [-0.1, -0.05) is 20.3 Å². The first-order chi connectivity index (χ1) is 8.95. The largest absolute Gasteiger partial charge is 0.386 e. The molecule has 1 saturated heterocycles. The van der Waals surface area contributed by atoms with Gasteiger partial charge in [-0.05, 0) is 18.8 Å². The summed E-state index contributed by atoms with van der Waals surface area (Å²) in [6.45, 7) is 5.37. The molecule has 2 fully saturated rings. The average Bonchev–Trinajstić information content (AvgIpc) is 3.03. The summed E-state index contributed by atoms with van der Waals surface area (Å²) in [6.07, 6.45) is 2.96. The van der Waals surface area contributed by atoms with Crippen LogP contribution in [0, 0.1) is 11.8 Å². The molecule has 2 unspecified atom stereocenters. The Morgan fingerprint density at radius 3 is 2.58 bits per heavy atom. The highest BCUT2D eigenvalue weighted by Gasteiger charge is 2.42. The molecule has 1 aliphatic carbocycles. The van der Waals surface area contributed by atoms with Gasteiger partial charge in [0, 0.05) is 18.9 Å². The normalized spacial score (nSPS) is 27.6. The number of nitrogens with one attached hydrogen (secondary N) is 1. The monoisotopic (exact) mass is 268 g/mol. The summed E-state index contributed by atoms with van der Waals surface area (Å²) in [6, 6.07) is 0. The number of carbonyl (C=O) groups excluding carboxylic acids is 2. The first-order valence-electron chi connectivity index (χ1n) is 7.23. The molecule has 1 heterocycles.